The minimum absolute atomic E-state index is 0.128. The van der Waals surface area contributed by atoms with Crippen LogP contribution in [-0.4, -0.2) is 61.5 Å². The van der Waals surface area contributed by atoms with Crippen LogP contribution in [-0.2, 0) is 27.3 Å². The number of hydrogen-bond donors (Lipinski definition) is 2. The lowest BCUT2D eigenvalue weighted by Gasteiger charge is -2.50. The fourth-order valence-corrected chi connectivity index (χ4v) is 4.63. The number of fused-ring (bicyclic) bond motifs is 1. The van der Waals surface area contributed by atoms with Crippen molar-refractivity contribution < 1.29 is 19.5 Å². The van der Waals surface area contributed by atoms with E-state index in [1.807, 2.05) is 44.2 Å². The molecule has 1 unspecified atom stereocenters. The van der Waals surface area contributed by atoms with Crippen LogP contribution in [0.4, 0.5) is 0 Å². The van der Waals surface area contributed by atoms with E-state index in [9.17, 15) is 19.5 Å². The Morgan fingerprint density at radius 2 is 1.85 bits per heavy atom. The Labute approximate surface area is 192 Å². The molecule has 2 heterocycles. The molecule has 1 aliphatic heterocycles. The Balaban J connectivity index is 1.52. The topological polar surface area (TPSA) is 107 Å². The van der Waals surface area contributed by atoms with Crippen LogP contribution in [0, 0.1) is 13.8 Å². The molecule has 1 atom stereocenters. The average Bonchev–Trinajstić information content (AvgIpc) is 3.18. The molecule has 3 aromatic rings. The highest BCUT2D eigenvalue weighted by Gasteiger charge is 2.51. The number of carbonyl (C=O) groups excluding carboxylic acids is 2. The predicted molar refractivity (Wildman–Crippen MR) is 124 cm³/mol. The first-order valence-electron chi connectivity index (χ1n) is 11.0. The van der Waals surface area contributed by atoms with Gasteiger partial charge in [0.25, 0.3) is 0 Å². The zero-order chi connectivity index (χ0) is 23.8. The summed E-state index contributed by atoms with van der Waals surface area (Å²) in [5.74, 6) is -1.58. The smallest absolute Gasteiger partial charge is 0.323 e. The van der Waals surface area contributed by atoms with Gasteiger partial charge in [0.15, 0.2) is 0 Å². The van der Waals surface area contributed by atoms with E-state index in [0.717, 1.165) is 33.2 Å². The molecule has 2 amide bonds. The highest BCUT2D eigenvalue weighted by atomic mass is 16.4. The summed E-state index contributed by atoms with van der Waals surface area (Å²) in [6, 6.07) is 11.6. The number of H-pyrrole nitrogens is 1. The van der Waals surface area contributed by atoms with Gasteiger partial charge in [-0.05, 0) is 44.4 Å². The Morgan fingerprint density at radius 3 is 2.48 bits per heavy atom. The molecular formula is C25H28N4O4. The first-order valence-corrected chi connectivity index (χ1v) is 11.0. The second-order valence-electron chi connectivity index (χ2n) is 9.09. The normalized spacial score (nSPS) is 17.6. The van der Waals surface area contributed by atoms with Gasteiger partial charge in [0, 0.05) is 18.5 Å². The second kappa shape index (κ2) is 8.69. The zero-order valence-electron chi connectivity index (χ0n) is 19.1. The fourth-order valence-electron chi connectivity index (χ4n) is 4.63. The predicted octanol–water partition coefficient (Wildman–Crippen LogP) is 2.83. The monoisotopic (exact) mass is 448 g/mol. The highest BCUT2D eigenvalue weighted by molar-refractivity contribution is 5.95. The Bertz CT molecular complexity index is 1210. The van der Waals surface area contributed by atoms with Gasteiger partial charge in [-0.2, -0.15) is 5.10 Å². The summed E-state index contributed by atoms with van der Waals surface area (Å²) < 4.78 is 0. The number of carboxylic acids is 1. The molecule has 1 saturated heterocycles. The number of nitrogens with zero attached hydrogens (tertiary/aromatic N) is 3. The van der Waals surface area contributed by atoms with Crippen molar-refractivity contribution in [3.8, 4) is 0 Å². The number of aliphatic carboxylic acids is 1. The number of nitrogens with one attached hydrogen (secondary N) is 1. The molecule has 4 rings (SSSR count). The van der Waals surface area contributed by atoms with Crippen molar-refractivity contribution in [2.45, 2.75) is 45.7 Å². The maximum atomic E-state index is 13.5. The number of likely N-dealkylation sites (tertiary alicyclic amines) is 1. The first kappa shape index (κ1) is 22.5. The van der Waals surface area contributed by atoms with Crippen LogP contribution in [0.3, 0.4) is 0 Å². The Morgan fingerprint density at radius 1 is 1.12 bits per heavy atom. The quantitative estimate of drug-likeness (QED) is 0.578. The number of rotatable bonds is 7. The molecule has 2 aromatic carbocycles. The average molecular weight is 449 g/mol. The van der Waals surface area contributed by atoms with Gasteiger partial charge in [-0.25, -0.2) is 0 Å². The summed E-state index contributed by atoms with van der Waals surface area (Å²) in [4.78, 5) is 41.0. The van der Waals surface area contributed by atoms with Crippen LogP contribution in [0.1, 0.15) is 35.6 Å². The summed E-state index contributed by atoms with van der Waals surface area (Å²) in [5.41, 5.74) is 3.63. The molecular weight excluding hydrogens is 420 g/mol. The van der Waals surface area contributed by atoms with Crippen molar-refractivity contribution in [1.29, 1.82) is 0 Å². The van der Waals surface area contributed by atoms with Crippen molar-refractivity contribution >= 4 is 28.7 Å². The lowest BCUT2D eigenvalue weighted by atomic mass is 9.84. The summed E-state index contributed by atoms with van der Waals surface area (Å²) in [7, 11) is 0. The summed E-state index contributed by atoms with van der Waals surface area (Å²) in [6.07, 6.45) is 2.41. The number of aromatic amines is 1. The molecule has 0 saturated carbocycles. The van der Waals surface area contributed by atoms with Gasteiger partial charge in [0.05, 0.1) is 18.1 Å². The fraction of sp³-hybridized carbons (Fsp3) is 0.360. The third kappa shape index (κ3) is 4.60. The van der Waals surface area contributed by atoms with Crippen LogP contribution < -0.4 is 0 Å². The van der Waals surface area contributed by atoms with Gasteiger partial charge < -0.3 is 14.9 Å². The molecule has 172 valence electrons. The highest BCUT2D eigenvalue weighted by Crippen LogP contribution is 2.33. The third-order valence-electron chi connectivity index (χ3n) is 6.31. The van der Waals surface area contributed by atoms with Crippen LogP contribution >= 0.6 is 0 Å². The number of benzene rings is 2. The van der Waals surface area contributed by atoms with Gasteiger partial charge in [0.1, 0.15) is 12.1 Å². The van der Waals surface area contributed by atoms with Gasteiger partial charge >= 0.3 is 5.97 Å². The van der Waals surface area contributed by atoms with Gasteiger partial charge in [0.2, 0.25) is 11.8 Å². The van der Waals surface area contributed by atoms with E-state index in [0.29, 0.717) is 13.0 Å². The van der Waals surface area contributed by atoms with Crippen LogP contribution in [0.5, 0.6) is 0 Å². The number of carboxylic acid groups (broad SMARTS) is 1. The van der Waals surface area contributed by atoms with E-state index in [1.165, 1.54) is 4.90 Å². The first-order chi connectivity index (χ1) is 15.7. The maximum Gasteiger partial charge on any atom is 0.323 e. The van der Waals surface area contributed by atoms with E-state index in [2.05, 4.69) is 16.3 Å². The van der Waals surface area contributed by atoms with Gasteiger partial charge in [-0.3, -0.25) is 19.5 Å². The number of carbonyl (C=O) groups is 3. The second-order valence-corrected chi connectivity index (χ2v) is 9.09. The molecule has 0 spiro atoms. The molecule has 0 radical (unpaired) electrons. The van der Waals surface area contributed by atoms with Crippen LogP contribution in [0.2, 0.25) is 0 Å². The third-order valence-corrected chi connectivity index (χ3v) is 6.31. The number of hydrogen-bond acceptors (Lipinski definition) is 4. The summed E-state index contributed by atoms with van der Waals surface area (Å²) >= 11 is 0. The maximum absolute atomic E-state index is 13.5. The van der Waals surface area contributed by atoms with E-state index >= 15 is 0 Å². The van der Waals surface area contributed by atoms with E-state index in [-0.39, 0.29) is 24.8 Å². The standard InChI is InChI=1S/C25H28N4O4/c1-16-8-17(2)10-19(9-16)12-22(30)29-7-6-25(29,3)24(33)28(15-23(31)32)14-18-4-5-20-13-26-27-21(20)11-18/h4-5,8-11,13H,6-7,12,14-15H2,1-3H3,(H,26,27)(H,31,32). The molecule has 1 fully saturated rings. The van der Waals surface area contributed by atoms with Crippen LogP contribution in [0.25, 0.3) is 10.9 Å². The molecule has 0 bridgehead atoms. The lowest BCUT2D eigenvalue weighted by Crippen LogP contribution is -2.68. The van der Waals surface area contributed by atoms with E-state index < -0.39 is 18.1 Å². The van der Waals surface area contributed by atoms with Crippen molar-refractivity contribution in [1.82, 2.24) is 20.0 Å². The minimum Gasteiger partial charge on any atom is -0.480 e. The zero-order valence-corrected chi connectivity index (χ0v) is 19.1. The molecule has 33 heavy (non-hydrogen) atoms. The SMILES string of the molecule is Cc1cc(C)cc(CC(=O)N2CCC2(C)C(=O)N(CC(=O)O)Cc2ccc3cn[nH]c3c2)c1. The lowest BCUT2D eigenvalue weighted by molar-refractivity contribution is -0.165. The van der Waals surface area contributed by atoms with Crippen LogP contribution in [0.15, 0.2) is 42.6 Å². The Kier molecular flexibility index (Phi) is 5.93. The minimum atomic E-state index is -1.10. The summed E-state index contributed by atoms with van der Waals surface area (Å²) in [5, 5.41) is 17.3. The van der Waals surface area contributed by atoms with Crippen molar-refractivity contribution in [3.63, 3.8) is 0 Å². The van der Waals surface area contributed by atoms with Gasteiger partial charge in [-0.1, -0.05) is 41.5 Å². The van der Waals surface area contributed by atoms with E-state index in [1.54, 1.807) is 18.0 Å². The molecule has 1 aromatic heterocycles. The molecule has 8 heteroatoms. The molecule has 2 N–H and O–H groups in total. The molecule has 0 aliphatic carbocycles. The molecule has 1 aliphatic rings. The van der Waals surface area contributed by atoms with Crippen molar-refractivity contribution in [2.24, 2.45) is 0 Å². The van der Waals surface area contributed by atoms with E-state index in [4.69, 9.17) is 0 Å². The Hall–Kier alpha value is -3.68. The number of aromatic nitrogens is 2. The van der Waals surface area contributed by atoms with Crippen molar-refractivity contribution in [3.05, 3.63) is 64.8 Å². The largest absolute Gasteiger partial charge is 0.480 e. The molecule has 8 nitrogen and oxygen atoms in total. The van der Waals surface area contributed by atoms with Gasteiger partial charge in [-0.15, -0.1) is 0 Å². The van der Waals surface area contributed by atoms with Crippen molar-refractivity contribution in [2.75, 3.05) is 13.1 Å². The number of amides is 2. The summed E-state index contributed by atoms with van der Waals surface area (Å²) in [6.45, 7) is 5.88. The number of aryl methyl sites for hydroxylation is 2.